The summed E-state index contributed by atoms with van der Waals surface area (Å²) in [7, 11) is 0. The molecule has 0 aromatic heterocycles. The SMILES string of the molecule is CC(C)N1CCC(CNC2CCCC2C#N)C1. The van der Waals surface area contributed by atoms with Crippen molar-refractivity contribution in [3.05, 3.63) is 0 Å². The zero-order valence-corrected chi connectivity index (χ0v) is 11.2. The summed E-state index contributed by atoms with van der Waals surface area (Å²) >= 11 is 0. The molecule has 1 heterocycles. The summed E-state index contributed by atoms with van der Waals surface area (Å²) in [6, 6.07) is 3.59. The highest BCUT2D eigenvalue weighted by Gasteiger charge is 2.29. The van der Waals surface area contributed by atoms with Crippen LogP contribution in [0.25, 0.3) is 0 Å². The molecule has 3 heteroatoms. The molecule has 96 valence electrons. The lowest BCUT2D eigenvalue weighted by atomic mass is 10.0. The van der Waals surface area contributed by atoms with Crippen molar-refractivity contribution in [2.75, 3.05) is 19.6 Å². The van der Waals surface area contributed by atoms with Gasteiger partial charge in [-0.1, -0.05) is 6.42 Å². The van der Waals surface area contributed by atoms with E-state index >= 15 is 0 Å². The lowest BCUT2D eigenvalue weighted by molar-refractivity contribution is 0.262. The zero-order valence-electron chi connectivity index (χ0n) is 11.2. The highest BCUT2D eigenvalue weighted by Crippen LogP contribution is 2.25. The van der Waals surface area contributed by atoms with Gasteiger partial charge in [0.15, 0.2) is 0 Å². The molecule has 1 aliphatic heterocycles. The van der Waals surface area contributed by atoms with Crippen LogP contribution in [0.2, 0.25) is 0 Å². The van der Waals surface area contributed by atoms with Crippen LogP contribution >= 0.6 is 0 Å². The van der Waals surface area contributed by atoms with Crippen molar-refractivity contribution >= 4 is 0 Å². The molecule has 0 aromatic carbocycles. The molecule has 1 saturated heterocycles. The summed E-state index contributed by atoms with van der Waals surface area (Å²) in [5.74, 6) is 1.05. The van der Waals surface area contributed by atoms with Gasteiger partial charge in [0, 0.05) is 18.6 Å². The minimum atomic E-state index is 0.262. The fourth-order valence-electron chi connectivity index (χ4n) is 3.18. The monoisotopic (exact) mass is 235 g/mol. The molecule has 0 radical (unpaired) electrons. The molecule has 2 aliphatic rings. The van der Waals surface area contributed by atoms with Crippen LogP contribution in [0.15, 0.2) is 0 Å². The van der Waals surface area contributed by atoms with Crippen LogP contribution in [-0.4, -0.2) is 36.6 Å². The van der Waals surface area contributed by atoms with E-state index in [1.54, 1.807) is 0 Å². The van der Waals surface area contributed by atoms with Gasteiger partial charge >= 0.3 is 0 Å². The molecule has 0 aromatic rings. The Morgan fingerprint density at radius 1 is 1.35 bits per heavy atom. The molecule has 3 unspecified atom stereocenters. The summed E-state index contributed by atoms with van der Waals surface area (Å²) in [6.07, 6.45) is 4.82. The van der Waals surface area contributed by atoms with Crippen molar-refractivity contribution in [2.45, 2.75) is 51.6 Å². The lowest BCUT2D eigenvalue weighted by Crippen LogP contribution is -2.37. The second kappa shape index (κ2) is 5.84. The number of hydrogen-bond acceptors (Lipinski definition) is 3. The minimum absolute atomic E-state index is 0.262. The van der Waals surface area contributed by atoms with Crippen LogP contribution in [-0.2, 0) is 0 Å². The van der Waals surface area contributed by atoms with Gasteiger partial charge < -0.3 is 10.2 Å². The minimum Gasteiger partial charge on any atom is -0.312 e. The number of nitrogens with zero attached hydrogens (tertiary/aromatic N) is 2. The summed E-state index contributed by atoms with van der Waals surface area (Å²) in [6.45, 7) is 8.13. The number of rotatable bonds is 4. The molecule has 0 bridgehead atoms. The van der Waals surface area contributed by atoms with Crippen LogP contribution in [0.3, 0.4) is 0 Å². The van der Waals surface area contributed by atoms with Crippen LogP contribution in [0.1, 0.15) is 39.5 Å². The quantitative estimate of drug-likeness (QED) is 0.810. The molecule has 3 nitrogen and oxygen atoms in total. The molecule has 0 spiro atoms. The number of hydrogen-bond donors (Lipinski definition) is 1. The van der Waals surface area contributed by atoms with Crippen molar-refractivity contribution in [1.29, 1.82) is 5.26 Å². The first kappa shape index (κ1) is 12.9. The topological polar surface area (TPSA) is 39.1 Å². The maximum Gasteiger partial charge on any atom is 0.0672 e. The van der Waals surface area contributed by atoms with Crippen LogP contribution in [0.5, 0.6) is 0 Å². The van der Waals surface area contributed by atoms with Crippen LogP contribution in [0, 0.1) is 23.2 Å². The first-order chi connectivity index (χ1) is 8.20. The third kappa shape index (κ3) is 3.20. The highest BCUT2D eigenvalue weighted by molar-refractivity contribution is 4.96. The van der Waals surface area contributed by atoms with E-state index in [1.165, 1.54) is 32.4 Å². The predicted octanol–water partition coefficient (Wildman–Crippen LogP) is 2.00. The Labute approximate surface area is 105 Å². The molecular formula is C14H25N3. The average molecular weight is 235 g/mol. The molecule has 2 rings (SSSR count). The van der Waals surface area contributed by atoms with Crippen LogP contribution < -0.4 is 5.32 Å². The van der Waals surface area contributed by atoms with Gasteiger partial charge in [0.25, 0.3) is 0 Å². The molecule has 3 atom stereocenters. The Kier molecular flexibility index (Phi) is 4.42. The molecule has 1 aliphatic carbocycles. The molecular weight excluding hydrogens is 210 g/mol. The second-order valence-electron chi connectivity index (χ2n) is 5.92. The third-order valence-corrected chi connectivity index (χ3v) is 4.40. The second-order valence-corrected chi connectivity index (χ2v) is 5.92. The third-order valence-electron chi connectivity index (χ3n) is 4.40. The maximum atomic E-state index is 9.05. The predicted molar refractivity (Wildman–Crippen MR) is 69.6 cm³/mol. The van der Waals surface area contributed by atoms with Gasteiger partial charge in [-0.15, -0.1) is 0 Å². The van der Waals surface area contributed by atoms with Crippen molar-refractivity contribution in [3.8, 4) is 6.07 Å². The van der Waals surface area contributed by atoms with E-state index in [9.17, 15) is 0 Å². The molecule has 17 heavy (non-hydrogen) atoms. The Hall–Kier alpha value is -0.590. The Balaban J connectivity index is 1.71. The Morgan fingerprint density at radius 2 is 2.18 bits per heavy atom. The van der Waals surface area contributed by atoms with E-state index in [-0.39, 0.29) is 5.92 Å². The molecule has 2 fully saturated rings. The zero-order chi connectivity index (χ0) is 12.3. The van der Waals surface area contributed by atoms with Crippen molar-refractivity contribution in [3.63, 3.8) is 0 Å². The van der Waals surface area contributed by atoms with Crippen molar-refractivity contribution < 1.29 is 0 Å². The number of likely N-dealkylation sites (tertiary alicyclic amines) is 1. The van der Waals surface area contributed by atoms with Gasteiger partial charge in [-0.25, -0.2) is 0 Å². The highest BCUT2D eigenvalue weighted by atomic mass is 15.2. The summed E-state index contributed by atoms with van der Waals surface area (Å²) in [4.78, 5) is 2.56. The van der Waals surface area contributed by atoms with E-state index in [4.69, 9.17) is 5.26 Å². The summed E-state index contributed by atoms with van der Waals surface area (Å²) in [5.41, 5.74) is 0. The van der Waals surface area contributed by atoms with Gasteiger partial charge in [0.1, 0.15) is 0 Å². The molecule has 1 saturated carbocycles. The average Bonchev–Trinajstić information content (AvgIpc) is 2.95. The Bertz CT molecular complexity index is 282. The van der Waals surface area contributed by atoms with E-state index in [0.29, 0.717) is 12.1 Å². The van der Waals surface area contributed by atoms with Gasteiger partial charge in [0.05, 0.1) is 12.0 Å². The largest absolute Gasteiger partial charge is 0.312 e. The van der Waals surface area contributed by atoms with Crippen molar-refractivity contribution in [1.82, 2.24) is 10.2 Å². The number of nitriles is 1. The fraction of sp³-hybridized carbons (Fsp3) is 0.929. The first-order valence-corrected chi connectivity index (χ1v) is 7.07. The molecule has 1 N–H and O–H groups in total. The van der Waals surface area contributed by atoms with Gasteiger partial charge in [-0.2, -0.15) is 5.26 Å². The van der Waals surface area contributed by atoms with Crippen molar-refractivity contribution in [2.24, 2.45) is 11.8 Å². The van der Waals surface area contributed by atoms with E-state index in [2.05, 4.69) is 30.1 Å². The summed E-state index contributed by atoms with van der Waals surface area (Å²) in [5, 5.41) is 12.7. The maximum absolute atomic E-state index is 9.05. The van der Waals surface area contributed by atoms with Gasteiger partial charge in [-0.05, 0) is 52.1 Å². The first-order valence-electron chi connectivity index (χ1n) is 7.07. The lowest BCUT2D eigenvalue weighted by Gasteiger charge is -2.21. The van der Waals surface area contributed by atoms with Gasteiger partial charge in [-0.3, -0.25) is 0 Å². The Morgan fingerprint density at radius 3 is 2.82 bits per heavy atom. The smallest absolute Gasteiger partial charge is 0.0672 e. The fourth-order valence-corrected chi connectivity index (χ4v) is 3.18. The standard InChI is InChI=1S/C14H25N3/c1-11(2)17-7-6-12(10-17)9-16-14-5-3-4-13(14)8-15/h11-14,16H,3-7,9-10H2,1-2H3. The normalized spacial score (nSPS) is 34.4. The summed E-state index contributed by atoms with van der Waals surface area (Å²) < 4.78 is 0. The van der Waals surface area contributed by atoms with E-state index < -0.39 is 0 Å². The number of nitrogens with one attached hydrogen (secondary N) is 1. The van der Waals surface area contributed by atoms with E-state index in [0.717, 1.165) is 18.9 Å². The van der Waals surface area contributed by atoms with E-state index in [1.807, 2.05) is 0 Å². The molecule has 0 amide bonds. The van der Waals surface area contributed by atoms with Crippen LogP contribution in [0.4, 0.5) is 0 Å². The van der Waals surface area contributed by atoms with Gasteiger partial charge in [0.2, 0.25) is 0 Å².